The summed E-state index contributed by atoms with van der Waals surface area (Å²) in [6.07, 6.45) is -1.21. The first kappa shape index (κ1) is 28.9. The number of carbonyl (C=O) groups excluding carboxylic acids is 1. The number of nitrogens with zero attached hydrogens (tertiary/aromatic N) is 3. The zero-order valence-corrected chi connectivity index (χ0v) is 19.1. The number of rotatable bonds is 8. The average molecular weight is 450 g/mol. The molecule has 174 valence electrons. The fourth-order valence-electron chi connectivity index (χ4n) is 2.51. The van der Waals surface area contributed by atoms with Gasteiger partial charge in [0.2, 0.25) is 0 Å². The van der Waals surface area contributed by atoms with Gasteiger partial charge in [-0.25, -0.2) is 0 Å². The van der Waals surface area contributed by atoms with Crippen molar-refractivity contribution in [1.29, 1.82) is 10.5 Å². The number of nitriles is 2. The van der Waals surface area contributed by atoms with Gasteiger partial charge in [-0.2, -0.15) is 23.7 Å². The van der Waals surface area contributed by atoms with E-state index in [1.165, 1.54) is 6.08 Å². The molecule has 5 nitrogen and oxygen atoms in total. The Labute approximate surface area is 188 Å². The SMILES string of the molecule is C/C=C/C#N.CCN(Cc1ccccc1C#N)C(=O)C(OC/C=C(\C)C(F)(F)F)C(C)C. The van der Waals surface area contributed by atoms with E-state index in [1.54, 1.807) is 56.0 Å². The summed E-state index contributed by atoms with van der Waals surface area (Å²) in [4.78, 5) is 14.4. The molecule has 0 saturated heterocycles. The van der Waals surface area contributed by atoms with E-state index in [0.717, 1.165) is 13.0 Å². The maximum atomic E-state index is 12.9. The van der Waals surface area contributed by atoms with Crippen LogP contribution in [0.1, 0.15) is 45.7 Å². The van der Waals surface area contributed by atoms with Crippen molar-refractivity contribution in [2.75, 3.05) is 13.2 Å². The molecular formula is C24H30F3N3O2. The van der Waals surface area contributed by atoms with Gasteiger partial charge in [0, 0.05) is 24.7 Å². The Morgan fingerprint density at radius 2 is 1.88 bits per heavy atom. The van der Waals surface area contributed by atoms with Crippen molar-refractivity contribution in [3.63, 3.8) is 0 Å². The van der Waals surface area contributed by atoms with E-state index in [0.29, 0.717) is 17.7 Å². The molecule has 0 aliphatic rings. The van der Waals surface area contributed by atoms with Gasteiger partial charge >= 0.3 is 6.18 Å². The number of hydrogen-bond acceptors (Lipinski definition) is 4. The third-order valence-electron chi connectivity index (χ3n) is 4.39. The molecule has 0 spiro atoms. The molecule has 0 heterocycles. The van der Waals surface area contributed by atoms with Crippen LogP contribution in [0.4, 0.5) is 13.2 Å². The predicted octanol–water partition coefficient (Wildman–Crippen LogP) is 5.54. The summed E-state index contributed by atoms with van der Waals surface area (Å²) >= 11 is 0. The Balaban J connectivity index is 0.00000172. The molecule has 1 atom stereocenters. The van der Waals surface area contributed by atoms with Gasteiger partial charge in [0.25, 0.3) is 5.91 Å². The molecule has 1 rings (SSSR count). The van der Waals surface area contributed by atoms with Gasteiger partial charge in [0.05, 0.1) is 24.3 Å². The minimum absolute atomic E-state index is 0.211. The van der Waals surface area contributed by atoms with Crippen LogP contribution in [0.25, 0.3) is 0 Å². The second-order valence-corrected chi connectivity index (χ2v) is 7.13. The minimum Gasteiger partial charge on any atom is -0.364 e. The number of carbonyl (C=O) groups is 1. The number of halogens is 3. The third kappa shape index (κ3) is 10.3. The van der Waals surface area contributed by atoms with Crippen molar-refractivity contribution < 1.29 is 22.7 Å². The molecule has 1 amide bonds. The van der Waals surface area contributed by atoms with Crippen LogP contribution in [0.15, 0.2) is 48.1 Å². The third-order valence-corrected chi connectivity index (χ3v) is 4.39. The van der Waals surface area contributed by atoms with E-state index in [-0.39, 0.29) is 25.0 Å². The molecule has 32 heavy (non-hydrogen) atoms. The molecule has 8 heteroatoms. The molecular weight excluding hydrogens is 419 g/mol. The van der Waals surface area contributed by atoms with Crippen molar-refractivity contribution in [2.45, 2.75) is 53.4 Å². The Kier molecular flexibility index (Phi) is 13.4. The van der Waals surface area contributed by atoms with Crippen molar-refractivity contribution in [3.05, 3.63) is 59.2 Å². The first-order chi connectivity index (χ1) is 15.0. The van der Waals surface area contributed by atoms with Gasteiger partial charge in [-0.05, 0) is 38.3 Å². The smallest absolute Gasteiger partial charge is 0.364 e. The van der Waals surface area contributed by atoms with Crippen molar-refractivity contribution in [1.82, 2.24) is 4.90 Å². The van der Waals surface area contributed by atoms with Gasteiger partial charge in [0.15, 0.2) is 0 Å². The van der Waals surface area contributed by atoms with Crippen LogP contribution in [0.2, 0.25) is 0 Å². The van der Waals surface area contributed by atoms with Crippen LogP contribution in [0, 0.1) is 28.6 Å². The summed E-state index contributed by atoms with van der Waals surface area (Å²) in [5, 5.41) is 16.9. The molecule has 0 fully saturated rings. The topological polar surface area (TPSA) is 77.1 Å². The fourth-order valence-corrected chi connectivity index (χ4v) is 2.51. The van der Waals surface area contributed by atoms with Gasteiger partial charge in [-0.15, -0.1) is 0 Å². The fraction of sp³-hybridized carbons (Fsp3) is 0.458. The van der Waals surface area contributed by atoms with Crippen LogP contribution >= 0.6 is 0 Å². The maximum Gasteiger partial charge on any atom is 0.412 e. The number of hydrogen-bond donors (Lipinski definition) is 0. The first-order valence-electron chi connectivity index (χ1n) is 10.2. The lowest BCUT2D eigenvalue weighted by Gasteiger charge is -2.28. The molecule has 0 N–H and O–H groups in total. The quantitative estimate of drug-likeness (QED) is 0.385. The molecule has 0 aromatic heterocycles. The highest BCUT2D eigenvalue weighted by atomic mass is 19.4. The van der Waals surface area contributed by atoms with E-state index in [2.05, 4.69) is 6.07 Å². The average Bonchev–Trinajstić information content (AvgIpc) is 2.74. The van der Waals surface area contributed by atoms with Crippen molar-refractivity contribution in [2.24, 2.45) is 5.92 Å². The van der Waals surface area contributed by atoms with Crippen LogP contribution < -0.4 is 0 Å². The first-order valence-corrected chi connectivity index (χ1v) is 10.2. The Morgan fingerprint density at radius 1 is 1.25 bits per heavy atom. The number of likely N-dealkylation sites (N-methyl/N-ethyl adjacent to an activating group) is 1. The Morgan fingerprint density at radius 3 is 2.31 bits per heavy atom. The van der Waals surface area contributed by atoms with Crippen LogP contribution in [0.3, 0.4) is 0 Å². The molecule has 1 unspecified atom stereocenters. The standard InChI is InChI=1S/C20H25F3N2O2.C4H5N/c1-5-25(13-17-9-7-6-8-16(17)12-24)19(26)18(14(2)3)27-11-10-15(4)20(21,22)23;1-2-3-4-5/h6-10,14,18H,5,11,13H2,1-4H3;2-3H,1H3/b15-10+;3-2+. The lowest BCUT2D eigenvalue weighted by atomic mass is 10.0. The lowest BCUT2D eigenvalue weighted by molar-refractivity contribution is -0.146. The number of benzene rings is 1. The second-order valence-electron chi connectivity index (χ2n) is 7.13. The van der Waals surface area contributed by atoms with Gasteiger partial charge < -0.3 is 9.64 Å². The largest absolute Gasteiger partial charge is 0.412 e. The molecule has 1 aromatic carbocycles. The summed E-state index contributed by atoms with van der Waals surface area (Å²) in [6.45, 7) is 8.46. The number of amides is 1. The molecule has 0 aliphatic heterocycles. The summed E-state index contributed by atoms with van der Waals surface area (Å²) < 4.78 is 43.2. The summed E-state index contributed by atoms with van der Waals surface area (Å²) in [7, 11) is 0. The number of allylic oxidation sites excluding steroid dienone is 3. The highest BCUT2D eigenvalue weighted by Crippen LogP contribution is 2.24. The predicted molar refractivity (Wildman–Crippen MR) is 117 cm³/mol. The van der Waals surface area contributed by atoms with E-state index in [1.807, 2.05) is 13.0 Å². The van der Waals surface area contributed by atoms with Gasteiger partial charge in [-0.3, -0.25) is 4.79 Å². The summed E-state index contributed by atoms with van der Waals surface area (Å²) in [5.74, 6) is -0.518. The lowest BCUT2D eigenvalue weighted by Crippen LogP contribution is -2.42. The van der Waals surface area contributed by atoms with Crippen LogP contribution in [0.5, 0.6) is 0 Å². The monoisotopic (exact) mass is 449 g/mol. The van der Waals surface area contributed by atoms with E-state index < -0.39 is 17.9 Å². The normalized spacial score (nSPS) is 12.5. The molecule has 1 aromatic rings. The zero-order chi connectivity index (χ0) is 24.7. The van der Waals surface area contributed by atoms with E-state index in [9.17, 15) is 23.2 Å². The van der Waals surface area contributed by atoms with Crippen molar-refractivity contribution in [3.8, 4) is 12.1 Å². The summed E-state index contributed by atoms with van der Waals surface area (Å²) in [6, 6.07) is 10.9. The maximum absolute atomic E-state index is 12.9. The van der Waals surface area contributed by atoms with E-state index >= 15 is 0 Å². The van der Waals surface area contributed by atoms with Crippen molar-refractivity contribution >= 4 is 5.91 Å². The summed E-state index contributed by atoms with van der Waals surface area (Å²) in [5.41, 5.74) is 0.438. The molecule has 0 bridgehead atoms. The highest BCUT2D eigenvalue weighted by Gasteiger charge is 2.31. The van der Waals surface area contributed by atoms with E-state index in [4.69, 9.17) is 10.00 Å². The van der Waals surface area contributed by atoms with Gasteiger partial charge in [-0.1, -0.05) is 44.2 Å². The minimum atomic E-state index is -4.41. The molecule has 0 saturated carbocycles. The highest BCUT2D eigenvalue weighted by molar-refractivity contribution is 5.81. The van der Waals surface area contributed by atoms with Gasteiger partial charge in [0.1, 0.15) is 6.10 Å². The Bertz CT molecular complexity index is 862. The van der Waals surface area contributed by atoms with Crippen LogP contribution in [-0.2, 0) is 16.1 Å². The molecule has 0 radical (unpaired) electrons. The zero-order valence-electron chi connectivity index (χ0n) is 19.1. The Hall–Kier alpha value is -3.10. The number of ether oxygens (including phenoxy) is 1. The number of alkyl halides is 3. The second kappa shape index (κ2) is 14.8. The molecule has 0 aliphatic carbocycles. The van der Waals surface area contributed by atoms with Crippen LogP contribution in [-0.4, -0.2) is 36.2 Å².